The number of rotatable bonds is 9. The zero-order valence-electron chi connectivity index (χ0n) is 12.2. The van der Waals surface area contributed by atoms with E-state index in [0.29, 0.717) is 19.6 Å². The van der Waals surface area contributed by atoms with Gasteiger partial charge in [0.25, 0.3) is 5.56 Å². The molecule has 0 radical (unpaired) electrons. The van der Waals surface area contributed by atoms with Crippen molar-refractivity contribution in [1.82, 2.24) is 9.55 Å². The van der Waals surface area contributed by atoms with Gasteiger partial charge in [-0.15, -0.1) is 0 Å². The minimum absolute atomic E-state index is 0.0435. The minimum atomic E-state index is -0.637. The molecule has 21 heavy (non-hydrogen) atoms. The molecule has 5 N–H and O–H groups in total. The van der Waals surface area contributed by atoms with Gasteiger partial charge in [0.2, 0.25) is 0 Å². The predicted molar refractivity (Wildman–Crippen MR) is 78.6 cm³/mol. The van der Waals surface area contributed by atoms with E-state index in [1.54, 1.807) is 0 Å². The summed E-state index contributed by atoms with van der Waals surface area (Å²) < 4.78 is 10.9. The van der Waals surface area contributed by atoms with Gasteiger partial charge in [-0.1, -0.05) is 0 Å². The van der Waals surface area contributed by atoms with Crippen LogP contribution >= 0.6 is 0 Å². The Kier molecular flexibility index (Phi) is 6.92. The number of hydrogen-bond donors (Lipinski definition) is 4. The third kappa shape index (κ3) is 4.88. The van der Waals surface area contributed by atoms with Gasteiger partial charge >= 0.3 is 5.69 Å². The molecule has 0 fully saturated rings. The SMILES string of the molecule is COCCn1c(N)c(NCCC(O)COC)c(=O)[nH]c1=O. The van der Waals surface area contributed by atoms with Crippen LogP contribution in [0.2, 0.25) is 0 Å². The van der Waals surface area contributed by atoms with Gasteiger partial charge in [0, 0.05) is 20.8 Å². The first-order valence-electron chi connectivity index (χ1n) is 6.53. The lowest BCUT2D eigenvalue weighted by Gasteiger charge is -2.14. The van der Waals surface area contributed by atoms with Gasteiger partial charge < -0.3 is 25.6 Å². The molecule has 0 amide bonds. The van der Waals surface area contributed by atoms with E-state index in [0.717, 1.165) is 0 Å². The van der Waals surface area contributed by atoms with Crippen molar-refractivity contribution in [2.75, 3.05) is 45.0 Å². The standard InChI is InChI=1S/C12H22N4O5/c1-20-6-5-16-10(13)9(11(18)15-12(16)19)14-4-3-8(17)7-21-2/h8,14,17H,3-7,13H2,1-2H3,(H,15,18,19). The van der Waals surface area contributed by atoms with E-state index < -0.39 is 17.4 Å². The number of hydrogen-bond acceptors (Lipinski definition) is 7. The molecular weight excluding hydrogens is 280 g/mol. The number of ether oxygens (including phenoxy) is 2. The molecule has 120 valence electrons. The first-order chi connectivity index (χ1) is 10.0. The van der Waals surface area contributed by atoms with Crippen molar-refractivity contribution in [3.63, 3.8) is 0 Å². The van der Waals surface area contributed by atoms with Crippen molar-refractivity contribution in [1.29, 1.82) is 0 Å². The second-order valence-electron chi connectivity index (χ2n) is 4.49. The summed E-state index contributed by atoms with van der Waals surface area (Å²) in [5.74, 6) is 0.0435. The second-order valence-corrected chi connectivity index (χ2v) is 4.49. The molecule has 1 unspecified atom stereocenters. The van der Waals surface area contributed by atoms with E-state index in [1.165, 1.54) is 18.8 Å². The smallest absolute Gasteiger partial charge is 0.330 e. The van der Waals surface area contributed by atoms with E-state index >= 15 is 0 Å². The molecule has 1 heterocycles. The predicted octanol–water partition coefficient (Wildman–Crippen LogP) is -1.43. The Morgan fingerprint density at radius 2 is 2.10 bits per heavy atom. The van der Waals surface area contributed by atoms with Gasteiger partial charge in [-0.3, -0.25) is 14.3 Å². The van der Waals surface area contributed by atoms with Gasteiger partial charge in [-0.2, -0.15) is 0 Å². The molecule has 0 aliphatic carbocycles. The summed E-state index contributed by atoms with van der Waals surface area (Å²) in [4.78, 5) is 25.6. The zero-order chi connectivity index (χ0) is 15.8. The highest BCUT2D eigenvalue weighted by atomic mass is 16.5. The molecule has 9 nitrogen and oxygen atoms in total. The van der Waals surface area contributed by atoms with Crippen LogP contribution in [0.15, 0.2) is 9.59 Å². The Balaban J connectivity index is 2.82. The number of aromatic nitrogens is 2. The Hall–Kier alpha value is -1.84. The normalized spacial score (nSPS) is 12.3. The Morgan fingerprint density at radius 3 is 2.71 bits per heavy atom. The summed E-state index contributed by atoms with van der Waals surface area (Å²) in [6.45, 7) is 1.06. The second kappa shape index (κ2) is 8.45. The largest absolute Gasteiger partial charge is 0.391 e. The summed E-state index contributed by atoms with van der Waals surface area (Å²) in [6, 6.07) is 0. The molecule has 0 saturated heterocycles. The number of anilines is 2. The fourth-order valence-corrected chi connectivity index (χ4v) is 1.80. The highest BCUT2D eigenvalue weighted by Gasteiger charge is 2.12. The maximum atomic E-state index is 11.8. The van der Waals surface area contributed by atoms with Crippen LogP contribution in [-0.4, -0.2) is 54.7 Å². The molecule has 1 rings (SSSR count). The number of nitrogen functional groups attached to an aromatic ring is 1. The average Bonchev–Trinajstić information content (AvgIpc) is 2.42. The topological polar surface area (TPSA) is 132 Å². The Labute approximate surface area is 121 Å². The van der Waals surface area contributed by atoms with E-state index in [-0.39, 0.29) is 24.7 Å². The van der Waals surface area contributed by atoms with Gasteiger partial charge in [0.15, 0.2) is 0 Å². The Morgan fingerprint density at radius 1 is 1.38 bits per heavy atom. The molecule has 0 bridgehead atoms. The van der Waals surface area contributed by atoms with Crippen molar-refractivity contribution >= 4 is 11.5 Å². The van der Waals surface area contributed by atoms with Crippen LogP contribution in [0.3, 0.4) is 0 Å². The van der Waals surface area contributed by atoms with Crippen molar-refractivity contribution in [2.45, 2.75) is 19.1 Å². The number of nitrogens with two attached hydrogens (primary N) is 1. The molecule has 9 heteroatoms. The number of nitrogens with zero attached hydrogens (tertiary/aromatic N) is 1. The monoisotopic (exact) mass is 302 g/mol. The van der Waals surface area contributed by atoms with E-state index in [2.05, 4.69) is 10.3 Å². The molecule has 1 aromatic heterocycles. The highest BCUT2D eigenvalue weighted by molar-refractivity contribution is 5.60. The first-order valence-corrected chi connectivity index (χ1v) is 6.53. The molecule has 0 spiro atoms. The maximum Gasteiger partial charge on any atom is 0.330 e. The van der Waals surface area contributed by atoms with Gasteiger partial charge in [-0.05, 0) is 6.42 Å². The molecule has 0 aliphatic heterocycles. The molecule has 0 aromatic carbocycles. The fraction of sp³-hybridized carbons (Fsp3) is 0.667. The summed E-state index contributed by atoms with van der Waals surface area (Å²) in [5, 5.41) is 12.4. The van der Waals surface area contributed by atoms with Crippen molar-refractivity contribution in [3.05, 3.63) is 20.8 Å². The summed E-state index contributed by atoms with van der Waals surface area (Å²) in [7, 11) is 2.99. The van der Waals surface area contributed by atoms with Gasteiger partial charge in [-0.25, -0.2) is 4.79 Å². The maximum absolute atomic E-state index is 11.8. The third-order valence-corrected chi connectivity index (χ3v) is 2.90. The van der Waals surface area contributed by atoms with Crippen molar-refractivity contribution in [2.24, 2.45) is 0 Å². The minimum Gasteiger partial charge on any atom is -0.391 e. The highest BCUT2D eigenvalue weighted by Crippen LogP contribution is 2.10. The molecule has 1 atom stereocenters. The van der Waals surface area contributed by atoms with Crippen LogP contribution in [0.1, 0.15) is 6.42 Å². The van der Waals surface area contributed by atoms with Crippen LogP contribution in [0, 0.1) is 0 Å². The van der Waals surface area contributed by atoms with E-state index in [9.17, 15) is 14.7 Å². The summed E-state index contributed by atoms with van der Waals surface area (Å²) >= 11 is 0. The van der Waals surface area contributed by atoms with E-state index in [1.807, 2.05) is 0 Å². The number of methoxy groups -OCH3 is 2. The van der Waals surface area contributed by atoms with Crippen molar-refractivity contribution < 1.29 is 14.6 Å². The van der Waals surface area contributed by atoms with Crippen LogP contribution in [0.4, 0.5) is 11.5 Å². The lowest BCUT2D eigenvalue weighted by molar-refractivity contribution is 0.0615. The fourth-order valence-electron chi connectivity index (χ4n) is 1.80. The van der Waals surface area contributed by atoms with Gasteiger partial charge in [0.1, 0.15) is 11.5 Å². The molecular formula is C12H22N4O5. The third-order valence-electron chi connectivity index (χ3n) is 2.90. The summed E-state index contributed by atoms with van der Waals surface area (Å²) in [5.41, 5.74) is 4.77. The van der Waals surface area contributed by atoms with Crippen LogP contribution in [0.5, 0.6) is 0 Å². The number of H-pyrrole nitrogens is 1. The lowest BCUT2D eigenvalue weighted by Crippen LogP contribution is -2.35. The average molecular weight is 302 g/mol. The molecule has 1 aromatic rings. The van der Waals surface area contributed by atoms with Crippen LogP contribution in [0.25, 0.3) is 0 Å². The number of aliphatic hydroxyl groups excluding tert-OH is 1. The molecule has 0 saturated carbocycles. The number of aromatic amines is 1. The molecule has 0 aliphatic rings. The zero-order valence-corrected chi connectivity index (χ0v) is 12.2. The first kappa shape index (κ1) is 17.2. The van der Waals surface area contributed by atoms with Crippen molar-refractivity contribution in [3.8, 4) is 0 Å². The number of nitrogens with one attached hydrogen (secondary N) is 2. The van der Waals surface area contributed by atoms with Crippen LogP contribution < -0.4 is 22.3 Å². The van der Waals surface area contributed by atoms with E-state index in [4.69, 9.17) is 15.2 Å². The Bertz CT molecular complexity index is 554. The van der Waals surface area contributed by atoms with Crippen LogP contribution in [-0.2, 0) is 16.0 Å². The number of aliphatic hydroxyl groups is 1. The summed E-state index contributed by atoms with van der Waals surface area (Å²) in [6.07, 6.45) is -0.258. The lowest BCUT2D eigenvalue weighted by atomic mass is 10.2. The quantitative estimate of drug-likeness (QED) is 0.440. The van der Waals surface area contributed by atoms with Gasteiger partial charge in [0.05, 0.1) is 25.9 Å².